The van der Waals surface area contributed by atoms with Gasteiger partial charge >= 0.3 is 6.03 Å². The molecule has 0 bridgehead atoms. The normalized spacial score (nSPS) is 15.9. The fourth-order valence-corrected chi connectivity index (χ4v) is 3.73. The number of carbonyl (C=O) groups excluding carboxylic acids is 1. The maximum Gasteiger partial charge on any atom is 0.318 e. The van der Waals surface area contributed by atoms with Crippen LogP contribution in [0.25, 0.3) is 0 Å². The number of likely N-dealkylation sites (tertiary alicyclic amines) is 1. The summed E-state index contributed by atoms with van der Waals surface area (Å²) in [7, 11) is 2.10. The van der Waals surface area contributed by atoms with Crippen molar-refractivity contribution in [3.63, 3.8) is 0 Å². The predicted molar refractivity (Wildman–Crippen MR) is 123 cm³/mol. The summed E-state index contributed by atoms with van der Waals surface area (Å²) in [6.07, 6.45) is 1.84. The molecule has 1 aliphatic rings. The number of piperidine rings is 1. The molecule has 1 atom stereocenters. The number of urea groups is 1. The molecule has 7 heteroatoms. The van der Waals surface area contributed by atoms with E-state index in [0.717, 1.165) is 42.8 Å². The van der Waals surface area contributed by atoms with Crippen molar-refractivity contribution in [3.05, 3.63) is 65.5 Å². The number of carbonyl (C=O) groups is 1. The Morgan fingerprint density at radius 3 is 2.41 bits per heavy atom. The molecule has 2 aromatic rings. The molecule has 0 aliphatic carbocycles. The number of hydrogen-bond acceptors (Lipinski definition) is 4. The van der Waals surface area contributed by atoms with Crippen molar-refractivity contribution in [1.29, 1.82) is 0 Å². The summed E-state index contributed by atoms with van der Waals surface area (Å²) >= 11 is 0. The van der Waals surface area contributed by atoms with Crippen LogP contribution in [0.2, 0.25) is 0 Å². The molecule has 1 unspecified atom stereocenters. The highest BCUT2D eigenvalue weighted by molar-refractivity contribution is 5.74. The average Bonchev–Trinajstić information content (AvgIpc) is 2.82. The number of aliphatic hydroxyl groups excluding tert-OH is 1. The predicted octanol–water partition coefficient (Wildman–Crippen LogP) is 3.64. The maximum atomic E-state index is 13.3. The smallest absolute Gasteiger partial charge is 0.318 e. The first-order valence-corrected chi connectivity index (χ1v) is 11.2. The standard InChI is InChI=1S/C25H34FN3O3/c1-19(17-30)18-32-24-9-5-20(6-10-24)15-27-25(31)29(23-11-13-28(2)14-12-23)16-21-3-7-22(26)8-4-21/h3-10,19,23,30H,11-18H2,1-2H3,(H,27,31). The summed E-state index contributed by atoms with van der Waals surface area (Å²) in [5, 5.41) is 12.1. The van der Waals surface area contributed by atoms with Crippen LogP contribution in [0.1, 0.15) is 30.9 Å². The number of aliphatic hydroxyl groups is 1. The van der Waals surface area contributed by atoms with Crippen LogP contribution in [0.4, 0.5) is 9.18 Å². The fourth-order valence-electron chi connectivity index (χ4n) is 3.73. The summed E-state index contributed by atoms with van der Waals surface area (Å²) in [6.45, 7) is 5.25. The van der Waals surface area contributed by atoms with Gasteiger partial charge in [-0.1, -0.05) is 31.2 Å². The van der Waals surface area contributed by atoms with Crippen molar-refractivity contribution in [2.24, 2.45) is 5.92 Å². The topological polar surface area (TPSA) is 65.0 Å². The molecule has 1 fully saturated rings. The summed E-state index contributed by atoms with van der Waals surface area (Å²) < 4.78 is 19.0. The van der Waals surface area contributed by atoms with E-state index >= 15 is 0 Å². The third-order valence-corrected chi connectivity index (χ3v) is 5.87. The number of rotatable bonds is 9. The van der Waals surface area contributed by atoms with Crippen LogP contribution in [0.3, 0.4) is 0 Å². The third kappa shape index (κ3) is 7.21. The van der Waals surface area contributed by atoms with Gasteiger partial charge in [0.15, 0.2) is 0 Å². The molecule has 174 valence electrons. The van der Waals surface area contributed by atoms with Gasteiger partial charge < -0.3 is 25.0 Å². The van der Waals surface area contributed by atoms with Gasteiger partial charge in [-0.3, -0.25) is 0 Å². The lowest BCUT2D eigenvalue weighted by Crippen LogP contribution is -2.49. The zero-order valence-electron chi connectivity index (χ0n) is 19.0. The minimum atomic E-state index is -0.276. The lowest BCUT2D eigenvalue weighted by molar-refractivity contribution is 0.127. The average molecular weight is 444 g/mol. The Morgan fingerprint density at radius 1 is 1.16 bits per heavy atom. The fraction of sp³-hybridized carbons (Fsp3) is 0.480. The monoisotopic (exact) mass is 443 g/mol. The molecule has 1 heterocycles. The second-order valence-corrected chi connectivity index (χ2v) is 8.69. The molecule has 0 spiro atoms. The Hall–Kier alpha value is -2.64. The highest BCUT2D eigenvalue weighted by Crippen LogP contribution is 2.19. The molecule has 0 aromatic heterocycles. The van der Waals surface area contributed by atoms with Crippen molar-refractivity contribution in [2.75, 3.05) is 33.4 Å². The van der Waals surface area contributed by atoms with E-state index in [0.29, 0.717) is 19.7 Å². The van der Waals surface area contributed by atoms with Crippen LogP contribution in [-0.2, 0) is 13.1 Å². The highest BCUT2D eigenvalue weighted by Gasteiger charge is 2.27. The first-order chi connectivity index (χ1) is 15.4. The molecule has 0 radical (unpaired) electrons. The highest BCUT2D eigenvalue weighted by atomic mass is 19.1. The van der Waals surface area contributed by atoms with Gasteiger partial charge in [0.25, 0.3) is 0 Å². The van der Waals surface area contributed by atoms with Crippen molar-refractivity contribution in [3.8, 4) is 5.75 Å². The van der Waals surface area contributed by atoms with Crippen molar-refractivity contribution < 1.29 is 19.0 Å². The van der Waals surface area contributed by atoms with Gasteiger partial charge in [0.1, 0.15) is 11.6 Å². The van der Waals surface area contributed by atoms with Crippen LogP contribution in [-0.4, -0.2) is 60.3 Å². The molecule has 1 aliphatic heterocycles. The van der Waals surface area contributed by atoms with Crippen LogP contribution < -0.4 is 10.1 Å². The minimum absolute atomic E-state index is 0.0839. The molecule has 2 aromatic carbocycles. The van der Waals surface area contributed by atoms with E-state index in [1.165, 1.54) is 12.1 Å². The zero-order valence-corrected chi connectivity index (χ0v) is 19.0. The van der Waals surface area contributed by atoms with Gasteiger partial charge in [0.05, 0.1) is 6.61 Å². The van der Waals surface area contributed by atoms with E-state index < -0.39 is 0 Å². The van der Waals surface area contributed by atoms with Crippen LogP contribution in [0.5, 0.6) is 5.75 Å². The molecule has 3 rings (SSSR count). The van der Waals surface area contributed by atoms with Gasteiger partial charge in [-0.05, 0) is 68.4 Å². The summed E-state index contributed by atoms with van der Waals surface area (Å²) in [5.41, 5.74) is 1.89. The first-order valence-electron chi connectivity index (χ1n) is 11.2. The lowest BCUT2D eigenvalue weighted by Gasteiger charge is -2.37. The SMILES string of the molecule is CC(CO)COc1ccc(CNC(=O)N(Cc2ccc(F)cc2)C2CCN(C)CC2)cc1. The number of nitrogens with zero attached hydrogens (tertiary/aromatic N) is 2. The van der Waals surface area contributed by atoms with Crippen LogP contribution in [0, 0.1) is 11.7 Å². The van der Waals surface area contributed by atoms with Gasteiger partial charge in [0, 0.05) is 31.7 Å². The molecule has 2 amide bonds. The Labute approximate surface area is 190 Å². The largest absolute Gasteiger partial charge is 0.493 e. The van der Waals surface area contributed by atoms with E-state index in [-0.39, 0.29) is 30.4 Å². The Kier molecular flexibility index (Phi) is 8.88. The first kappa shape index (κ1) is 24.0. The number of nitrogens with one attached hydrogen (secondary N) is 1. The summed E-state index contributed by atoms with van der Waals surface area (Å²) in [5.74, 6) is 0.549. The summed E-state index contributed by atoms with van der Waals surface area (Å²) in [6, 6.07) is 14.0. The van der Waals surface area contributed by atoms with E-state index in [9.17, 15) is 9.18 Å². The van der Waals surface area contributed by atoms with E-state index in [2.05, 4.69) is 17.3 Å². The van der Waals surface area contributed by atoms with Crippen LogP contribution >= 0.6 is 0 Å². The lowest BCUT2D eigenvalue weighted by atomic mass is 10.0. The van der Waals surface area contributed by atoms with Gasteiger partial charge in [0.2, 0.25) is 0 Å². The minimum Gasteiger partial charge on any atom is -0.493 e. The maximum absolute atomic E-state index is 13.3. The molecule has 1 saturated heterocycles. The molecule has 32 heavy (non-hydrogen) atoms. The number of ether oxygens (including phenoxy) is 1. The number of benzene rings is 2. The van der Waals surface area contributed by atoms with Gasteiger partial charge in [-0.2, -0.15) is 0 Å². The number of amides is 2. The van der Waals surface area contributed by atoms with E-state index in [1.54, 1.807) is 12.1 Å². The van der Waals surface area contributed by atoms with E-state index in [4.69, 9.17) is 9.84 Å². The summed E-state index contributed by atoms with van der Waals surface area (Å²) in [4.78, 5) is 17.3. The Bertz CT molecular complexity index is 837. The third-order valence-electron chi connectivity index (χ3n) is 5.87. The van der Waals surface area contributed by atoms with Crippen LogP contribution in [0.15, 0.2) is 48.5 Å². The number of hydrogen-bond donors (Lipinski definition) is 2. The van der Waals surface area contributed by atoms with Crippen molar-refractivity contribution in [2.45, 2.75) is 38.9 Å². The van der Waals surface area contributed by atoms with Crippen molar-refractivity contribution in [1.82, 2.24) is 15.1 Å². The molecular formula is C25H34FN3O3. The van der Waals surface area contributed by atoms with E-state index in [1.807, 2.05) is 36.1 Å². The quantitative estimate of drug-likeness (QED) is 0.621. The van der Waals surface area contributed by atoms with Crippen molar-refractivity contribution >= 4 is 6.03 Å². The second-order valence-electron chi connectivity index (χ2n) is 8.69. The Morgan fingerprint density at radius 2 is 1.78 bits per heavy atom. The molecule has 2 N–H and O–H groups in total. The van der Waals surface area contributed by atoms with Gasteiger partial charge in [-0.15, -0.1) is 0 Å². The molecule has 0 saturated carbocycles. The second kappa shape index (κ2) is 11.8. The Balaban J connectivity index is 1.59. The van der Waals surface area contributed by atoms with Gasteiger partial charge in [-0.25, -0.2) is 9.18 Å². The molecular weight excluding hydrogens is 409 g/mol. The number of halogens is 1. The molecule has 6 nitrogen and oxygen atoms in total. The zero-order chi connectivity index (χ0) is 22.9.